The van der Waals surface area contributed by atoms with Crippen molar-refractivity contribution in [1.82, 2.24) is 4.98 Å². The summed E-state index contributed by atoms with van der Waals surface area (Å²) < 4.78 is 5.16. The van der Waals surface area contributed by atoms with Crippen LogP contribution in [0.1, 0.15) is 22.8 Å². The van der Waals surface area contributed by atoms with E-state index in [-0.39, 0.29) is 11.8 Å². The third-order valence-corrected chi connectivity index (χ3v) is 3.32. The van der Waals surface area contributed by atoms with Crippen LogP contribution in [0.4, 0.5) is 5.69 Å². The van der Waals surface area contributed by atoms with Gasteiger partial charge in [-0.05, 0) is 37.6 Å². The maximum Gasteiger partial charge on any atom is 0.263 e. The second-order valence-electron chi connectivity index (χ2n) is 4.60. The van der Waals surface area contributed by atoms with Crippen molar-refractivity contribution in [3.05, 3.63) is 52.7 Å². The summed E-state index contributed by atoms with van der Waals surface area (Å²) in [7, 11) is 1.48. The Morgan fingerprint density at radius 3 is 2.76 bits per heavy atom. The minimum absolute atomic E-state index is 0.185. The van der Waals surface area contributed by atoms with Gasteiger partial charge in [-0.2, -0.15) is 0 Å². The minimum atomic E-state index is -0.185. The highest BCUT2D eigenvalue weighted by Crippen LogP contribution is 2.24. The molecule has 0 aliphatic carbocycles. The molecular weight excluding hydrogens is 288 g/mol. The highest BCUT2D eigenvalue weighted by atomic mass is 35.5. The molecule has 21 heavy (non-hydrogen) atoms. The molecule has 5 heteroatoms. The van der Waals surface area contributed by atoms with Gasteiger partial charge in [0.1, 0.15) is 5.56 Å². The Bertz CT molecular complexity index is 658. The van der Waals surface area contributed by atoms with Crippen LogP contribution in [0.2, 0.25) is 5.02 Å². The van der Waals surface area contributed by atoms with E-state index >= 15 is 0 Å². The summed E-state index contributed by atoms with van der Waals surface area (Å²) >= 11 is 5.95. The van der Waals surface area contributed by atoms with Gasteiger partial charge in [-0.25, -0.2) is 4.98 Å². The molecule has 4 nitrogen and oxygen atoms in total. The highest BCUT2D eigenvalue weighted by Gasteiger charge is 2.21. The molecule has 0 saturated carbocycles. The first-order chi connectivity index (χ1) is 10.1. The lowest BCUT2D eigenvalue weighted by Crippen LogP contribution is -2.31. The molecule has 0 unspecified atom stereocenters. The van der Waals surface area contributed by atoms with Gasteiger partial charge in [-0.3, -0.25) is 4.79 Å². The molecule has 1 aromatic carbocycles. The smallest absolute Gasteiger partial charge is 0.263 e. The number of carbonyl (C=O) groups is 1. The molecule has 0 aliphatic rings. The second kappa shape index (κ2) is 6.59. The first-order valence-corrected chi connectivity index (χ1v) is 7.02. The number of anilines is 1. The fraction of sp³-hybridized carbons (Fsp3) is 0.250. The number of benzene rings is 1. The van der Waals surface area contributed by atoms with Crippen LogP contribution in [0.3, 0.4) is 0 Å². The van der Waals surface area contributed by atoms with Crippen LogP contribution in [-0.2, 0) is 0 Å². The second-order valence-corrected chi connectivity index (χ2v) is 5.04. The molecule has 110 valence electrons. The predicted molar refractivity (Wildman–Crippen MR) is 84.3 cm³/mol. The standard InChI is InChI=1S/C16H17ClN2O2/c1-4-19(13-7-5-6-11(2)8-13)16(20)14-9-12(17)10-18-15(14)21-3/h5-10H,4H2,1-3H3. The summed E-state index contributed by atoms with van der Waals surface area (Å²) in [6.07, 6.45) is 1.46. The molecule has 0 saturated heterocycles. The summed E-state index contributed by atoms with van der Waals surface area (Å²) in [6.45, 7) is 4.45. The predicted octanol–water partition coefficient (Wildman–Crippen LogP) is 3.72. The first kappa shape index (κ1) is 15.3. The highest BCUT2D eigenvalue weighted by molar-refractivity contribution is 6.31. The van der Waals surface area contributed by atoms with Crippen molar-refractivity contribution in [3.63, 3.8) is 0 Å². The summed E-state index contributed by atoms with van der Waals surface area (Å²) in [5.41, 5.74) is 2.29. The van der Waals surface area contributed by atoms with E-state index in [1.54, 1.807) is 11.0 Å². The van der Waals surface area contributed by atoms with Crippen molar-refractivity contribution in [2.45, 2.75) is 13.8 Å². The number of aryl methyl sites for hydroxylation is 1. The zero-order valence-electron chi connectivity index (χ0n) is 12.3. The van der Waals surface area contributed by atoms with Crippen LogP contribution < -0.4 is 9.64 Å². The number of aromatic nitrogens is 1. The van der Waals surface area contributed by atoms with Gasteiger partial charge in [-0.1, -0.05) is 23.7 Å². The number of nitrogens with zero attached hydrogens (tertiary/aromatic N) is 2. The largest absolute Gasteiger partial charge is 0.480 e. The van der Waals surface area contributed by atoms with Crippen molar-refractivity contribution < 1.29 is 9.53 Å². The van der Waals surface area contributed by atoms with Gasteiger partial charge >= 0.3 is 0 Å². The van der Waals surface area contributed by atoms with Crippen molar-refractivity contribution in [3.8, 4) is 5.88 Å². The molecule has 0 aliphatic heterocycles. The number of methoxy groups -OCH3 is 1. The fourth-order valence-corrected chi connectivity index (χ4v) is 2.29. The van der Waals surface area contributed by atoms with Gasteiger partial charge < -0.3 is 9.64 Å². The lowest BCUT2D eigenvalue weighted by atomic mass is 10.1. The average molecular weight is 305 g/mol. The van der Waals surface area contributed by atoms with Crippen molar-refractivity contribution in [2.24, 2.45) is 0 Å². The number of carbonyl (C=O) groups excluding carboxylic acids is 1. The molecule has 0 spiro atoms. The normalized spacial score (nSPS) is 10.3. The van der Waals surface area contributed by atoms with Gasteiger partial charge in [-0.15, -0.1) is 0 Å². The van der Waals surface area contributed by atoms with Crippen LogP contribution >= 0.6 is 11.6 Å². The zero-order chi connectivity index (χ0) is 15.4. The monoisotopic (exact) mass is 304 g/mol. The van der Waals surface area contributed by atoms with E-state index in [0.29, 0.717) is 17.1 Å². The molecule has 0 radical (unpaired) electrons. The van der Waals surface area contributed by atoms with E-state index in [0.717, 1.165) is 11.3 Å². The van der Waals surface area contributed by atoms with Crippen LogP contribution in [-0.4, -0.2) is 24.5 Å². The summed E-state index contributed by atoms with van der Waals surface area (Å²) in [5.74, 6) is 0.0884. The average Bonchev–Trinajstić information content (AvgIpc) is 2.48. The van der Waals surface area contributed by atoms with Crippen LogP contribution in [0.25, 0.3) is 0 Å². The number of hydrogen-bond acceptors (Lipinski definition) is 3. The molecule has 1 heterocycles. The molecule has 2 aromatic rings. The topological polar surface area (TPSA) is 42.4 Å². The molecule has 2 rings (SSSR count). The van der Waals surface area contributed by atoms with E-state index in [9.17, 15) is 4.79 Å². The number of pyridine rings is 1. The molecule has 1 aromatic heterocycles. The van der Waals surface area contributed by atoms with Crippen LogP contribution in [0, 0.1) is 6.92 Å². The molecule has 0 bridgehead atoms. The maximum absolute atomic E-state index is 12.8. The zero-order valence-corrected chi connectivity index (χ0v) is 13.0. The number of halogens is 1. The van der Waals surface area contributed by atoms with E-state index in [1.165, 1.54) is 13.3 Å². The van der Waals surface area contributed by atoms with Gasteiger partial charge in [0.2, 0.25) is 5.88 Å². The molecule has 0 N–H and O–H groups in total. The third kappa shape index (κ3) is 3.34. The Hall–Kier alpha value is -2.07. The van der Waals surface area contributed by atoms with Crippen molar-refractivity contribution in [2.75, 3.05) is 18.6 Å². The first-order valence-electron chi connectivity index (χ1n) is 6.65. The Kier molecular flexibility index (Phi) is 4.81. The van der Waals surface area contributed by atoms with Gasteiger partial charge in [0.25, 0.3) is 5.91 Å². The summed E-state index contributed by atoms with van der Waals surface area (Å²) in [5, 5.41) is 0.402. The fourth-order valence-electron chi connectivity index (χ4n) is 2.13. The molecular formula is C16H17ClN2O2. The molecule has 0 atom stereocenters. The number of amides is 1. The van der Waals surface area contributed by atoms with E-state index in [4.69, 9.17) is 16.3 Å². The van der Waals surface area contributed by atoms with Gasteiger partial charge in [0, 0.05) is 18.4 Å². The SMILES string of the molecule is CCN(C(=O)c1cc(Cl)cnc1OC)c1cccc(C)c1. The van der Waals surface area contributed by atoms with Crippen LogP contribution in [0.5, 0.6) is 5.88 Å². The Labute approximate surface area is 129 Å². The van der Waals surface area contributed by atoms with Gasteiger partial charge in [0.05, 0.1) is 12.1 Å². The molecule has 0 fully saturated rings. The lowest BCUT2D eigenvalue weighted by Gasteiger charge is -2.22. The summed E-state index contributed by atoms with van der Waals surface area (Å²) in [4.78, 5) is 18.5. The summed E-state index contributed by atoms with van der Waals surface area (Å²) in [6, 6.07) is 9.36. The Morgan fingerprint density at radius 2 is 2.14 bits per heavy atom. The van der Waals surface area contributed by atoms with Gasteiger partial charge in [0.15, 0.2) is 0 Å². The Balaban J connectivity index is 2.43. The van der Waals surface area contributed by atoms with E-state index in [2.05, 4.69) is 4.98 Å². The number of ether oxygens (including phenoxy) is 1. The number of hydrogen-bond donors (Lipinski definition) is 0. The third-order valence-electron chi connectivity index (χ3n) is 3.12. The van der Waals surface area contributed by atoms with E-state index in [1.807, 2.05) is 38.1 Å². The quantitative estimate of drug-likeness (QED) is 0.864. The number of rotatable bonds is 4. The van der Waals surface area contributed by atoms with E-state index < -0.39 is 0 Å². The molecule has 1 amide bonds. The Morgan fingerprint density at radius 1 is 1.38 bits per heavy atom. The van der Waals surface area contributed by atoms with Crippen molar-refractivity contribution >= 4 is 23.2 Å². The van der Waals surface area contributed by atoms with Crippen molar-refractivity contribution in [1.29, 1.82) is 0 Å². The maximum atomic E-state index is 12.8. The lowest BCUT2D eigenvalue weighted by molar-refractivity contribution is 0.0984. The van der Waals surface area contributed by atoms with Crippen LogP contribution in [0.15, 0.2) is 36.5 Å². The minimum Gasteiger partial charge on any atom is -0.480 e.